The molecule has 0 spiro atoms. The number of methoxy groups -OCH3 is 1. The molecule has 194 valence electrons. The molecule has 0 N–H and O–H groups in total. The van der Waals surface area contributed by atoms with Crippen molar-refractivity contribution < 1.29 is 48.9 Å². The average molecular weight is 541 g/mol. The van der Waals surface area contributed by atoms with Crippen LogP contribution in [-0.4, -0.2) is 39.3 Å². The number of carboxylic acid groups (broad SMARTS) is 1. The molecule has 1 saturated heterocycles. The Kier molecular flexibility index (Phi) is 12.9. The molecule has 4 rings (SSSR count). The first kappa shape index (κ1) is 31.5. The number of hydrogen-bond acceptors (Lipinski definition) is 6. The summed E-state index contributed by atoms with van der Waals surface area (Å²) in [5.74, 6) is 5.85. The van der Waals surface area contributed by atoms with Crippen molar-refractivity contribution in [2.75, 3.05) is 43.1 Å². The number of aliphatic carboxylic acids is 1. The van der Waals surface area contributed by atoms with E-state index in [9.17, 15) is 9.90 Å². The van der Waals surface area contributed by atoms with Gasteiger partial charge in [0.05, 0.1) is 13.0 Å². The Labute approximate surface area is 254 Å². The third kappa shape index (κ3) is 8.64. The van der Waals surface area contributed by atoms with Gasteiger partial charge in [-0.05, 0) is 66.6 Å². The molecule has 1 heterocycles. The predicted molar refractivity (Wildman–Crippen MR) is 151 cm³/mol. The average Bonchev–Trinajstić information content (AvgIpc) is 2.92. The molecule has 1 aliphatic rings. The number of carbonyl (C=O) groups is 1. The summed E-state index contributed by atoms with van der Waals surface area (Å²) in [6.07, 6.45) is -0.123. The Balaban J connectivity index is 0.00000253. The van der Waals surface area contributed by atoms with Gasteiger partial charge in [-0.1, -0.05) is 30.2 Å². The molecule has 0 saturated carbocycles. The van der Waals surface area contributed by atoms with Crippen molar-refractivity contribution in [3.63, 3.8) is 0 Å². The number of rotatable bonds is 9. The summed E-state index contributed by atoms with van der Waals surface area (Å²) in [6.45, 7) is 5.98. The zero-order chi connectivity index (χ0) is 25.3. The molecular weight excluding hydrogens is 507 g/mol. The zero-order valence-corrected chi connectivity index (χ0v) is 25.3. The maximum Gasteiger partial charge on any atom is 1.00 e. The molecule has 0 bridgehead atoms. The second-order valence-corrected chi connectivity index (χ2v) is 8.72. The summed E-state index contributed by atoms with van der Waals surface area (Å²) in [4.78, 5) is 15.8. The van der Waals surface area contributed by atoms with Gasteiger partial charge in [0.25, 0.3) is 0 Å². The number of carboxylic acids is 1. The van der Waals surface area contributed by atoms with E-state index in [-0.39, 0.29) is 55.4 Å². The fourth-order valence-electron chi connectivity index (χ4n) is 4.41. The summed E-state index contributed by atoms with van der Waals surface area (Å²) >= 11 is 0. The van der Waals surface area contributed by atoms with Gasteiger partial charge in [0.15, 0.2) is 0 Å². The SMILES string of the molecule is CC#C[C@@H](CC(=O)[O-])c1ccc(OCc2cccc(N3CCN(c4ccc(OC)cc4)CC3)c2)cc1.S.[Na+]. The van der Waals surface area contributed by atoms with Crippen LogP contribution in [0.15, 0.2) is 72.8 Å². The van der Waals surface area contributed by atoms with Crippen LogP contribution in [0.5, 0.6) is 11.5 Å². The van der Waals surface area contributed by atoms with Gasteiger partial charge in [0, 0.05) is 49.9 Å². The van der Waals surface area contributed by atoms with Crippen LogP contribution < -0.4 is 53.9 Å². The standard InChI is InChI=1S/C30H32N2O4.Na.H2S/c1-3-5-25(21-30(33)34)24-8-12-29(13-9-24)36-22-23-6-4-7-27(20-23)32-18-16-31(17-19-32)26-10-14-28(35-2)15-11-26;;/h4,6-15,20,25H,16-19,21-22H2,1-2H3,(H,33,34);;1H2/q;+1;/p-1/t25-;;/m0../s1. The van der Waals surface area contributed by atoms with Crippen LogP contribution >= 0.6 is 13.5 Å². The molecule has 38 heavy (non-hydrogen) atoms. The van der Waals surface area contributed by atoms with Crippen LogP contribution in [0.1, 0.15) is 30.4 Å². The van der Waals surface area contributed by atoms with Crippen LogP contribution in [0, 0.1) is 11.8 Å². The molecule has 3 aromatic rings. The molecule has 6 nitrogen and oxygen atoms in total. The molecule has 1 aliphatic heterocycles. The fraction of sp³-hybridized carbons (Fsp3) is 0.300. The van der Waals surface area contributed by atoms with E-state index in [1.807, 2.05) is 36.4 Å². The second-order valence-electron chi connectivity index (χ2n) is 8.72. The van der Waals surface area contributed by atoms with Crippen LogP contribution in [0.25, 0.3) is 0 Å². The van der Waals surface area contributed by atoms with Crippen LogP contribution in [0.2, 0.25) is 0 Å². The largest absolute Gasteiger partial charge is 1.00 e. The quantitative estimate of drug-likeness (QED) is 0.298. The summed E-state index contributed by atoms with van der Waals surface area (Å²) < 4.78 is 11.3. The van der Waals surface area contributed by atoms with Crippen molar-refractivity contribution >= 4 is 30.8 Å². The first-order chi connectivity index (χ1) is 17.6. The van der Waals surface area contributed by atoms with Gasteiger partial charge in [-0.3, -0.25) is 0 Å². The van der Waals surface area contributed by atoms with Gasteiger partial charge >= 0.3 is 29.6 Å². The van der Waals surface area contributed by atoms with Crippen molar-refractivity contribution in [2.24, 2.45) is 0 Å². The van der Waals surface area contributed by atoms with Crippen LogP contribution in [0.4, 0.5) is 11.4 Å². The monoisotopic (exact) mass is 540 g/mol. The Morgan fingerprint density at radius 2 is 1.53 bits per heavy atom. The number of carbonyl (C=O) groups excluding carboxylic acids is 1. The molecular formula is C30H33N2NaO4S. The minimum atomic E-state index is -1.11. The Bertz CT molecular complexity index is 1220. The summed E-state index contributed by atoms with van der Waals surface area (Å²) in [5.41, 5.74) is 4.36. The third-order valence-corrected chi connectivity index (χ3v) is 6.37. The minimum Gasteiger partial charge on any atom is -0.550 e. The molecule has 0 aliphatic carbocycles. The Hall–Kier alpha value is -2.76. The Morgan fingerprint density at radius 1 is 0.921 bits per heavy atom. The predicted octanol–water partition coefficient (Wildman–Crippen LogP) is 0.964. The first-order valence-corrected chi connectivity index (χ1v) is 12.1. The number of piperazine rings is 1. The van der Waals surface area contributed by atoms with Crippen LogP contribution in [-0.2, 0) is 11.4 Å². The van der Waals surface area contributed by atoms with E-state index < -0.39 is 5.97 Å². The third-order valence-electron chi connectivity index (χ3n) is 6.37. The van der Waals surface area contributed by atoms with Gasteiger partial charge < -0.3 is 29.2 Å². The van der Waals surface area contributed by atoms with Crippen molar-refractivity contribution in [3.05, 3.63) is 83.9 Å². The number of nitrogens with zero attached hydrogens (tertiary/aromatic N) is 2. The van der Waals surface area contributed by atoms with Gasteiger partial charge in [-0.15, -0.1) is 5.92 Å². The fourth-order valence-corrected chi connectivity index (χ4v) is 4.41. The van der Waals surface area contributed by atoms with Crippen molar-refractivity contribution in [3.8, 4) is 23.3 Å². The molecule has 1 atom stereocenters. The van der Waals surface area contributed by atoms with Crippen molar-refractivity contribution in [1.29, 1.82) is 0 Å². The van der Waals surface area contributed by atoms with Crippen molar-refractivity contribution in [1.82, 2.24) is 0 Å². The van der Waals surface area contributed by atoms with Gasteiger partial charge in [0.1, 0.15) is 18.1 Å². The molecule has 0 aromatic heterocycles. The molecule has 8 heteroatoms. The number of ether oxygens (including phenoxy) is 2. The minimum absolute atomic E-state index is 0. The molecule has 0 radical (unpaired) electrons. The van der Waals surface area contributed by atoms with E-state index in [4.69, 9.17) is 9.47 Å². The number of hydrogen-bond donors (Lipinski definition) is 0. The molecule has 3 aromatic carbocycles. The summed E-state index contributed by atoms with van der Waals surface area (Å²) in [7, 11) is 1.68. The topological polar surface area (TPSA) is 65.1 Å². The maximum absolute atomic E-state index is 11.0. The van der Waals surface area contributed by atoms with E-state index in [2.05, 4.69) is 58.0 Å². The summed E-state index contributed by atoms with van der Waals surface area (Å²) in [5, 5.41) is 11.0. The normalized spacial score (nSPS) is 13.2. The van der Waals surface area contributed by atoms with Gasteiger partial charge in [-0.25, -0.2) is 0 Å². The zero-order valence-electron chi connectivity index (χ0n) is 22.3. The number of benzene rings is 3. The van der Waals surface area contributed by atoms with Gasteiger partial charge in [-0.2, -0.15) is 13.5 Å². The summed E-state index contributed by atoms with van der Waals surface area (Å²) in [6, 6.07) is 24.1. The van der Waals surface area contributed by atoms with Crippen LogP contribution in [0.3, 0.4) is 0 Å². The molecule has 0 unspecified atom stereocenters. The Morgan fingerprint density at radius 3 is 2.11 bits per heavy atom. The van der Waals surface area contributed by atoms with E-state index >= 15 is 0 Å². The maximum atomic E-state index is 11.0. The van der Waals surface area contributed by atoms with E-state index in [1.165, 1.54) is 11.4 Å². The molecule has 0 amide bonds. The smallest absolute Gasteiger partial charge is 0.550 e. The van der Waals surface area contributed by atoms with E-state index in [0.717, 1.165) is 48.8 Å². The first-order valence-electron chi connectivity index (χ1n) is 12.1. The van der Waals surface area contributed by atoms with Crippen molar-refractivity contribution in [2.45, 2.75) is 25.9 Å². The van der Waals surface area contributed by atoms with E-state index in [0.29, 0.717) is 6.61 Å². The van der Waals surface area contributed by atoms with E-state index in [1.54, 1.807) is 14.0 Å². The molecule has 1 fully saturated rings. The number of anilines is 2. The second kappa shape index (κ2) is 15.6. The van der Waals surface area contributed by atoms with Gasteiger partial charge in [0.2, 0.25) is 0 Å².